The summed E-state index contributed by atoms with van der Waals surface area (Å²) < 4.78 is 7.04. The number of nitrogens with zero attached hydrogens (tertiary/aromatic N) is 2. The first-order chi connectivity index (χ1) is 13.6. The molecule has 1 atom stereocenters. The van der Waals surface area contributed by atoms with Gasteiger partial charge in [-0.15, -0.1) is 0 Å². The number of ether oxygens (including phenoxy) is 1. The van der Waals surface area contributed by atoms with Gasteiger partial charge in [-0.1, -0.05) is 30.3 Å². The second-order valence-corrected chi connectivity index (χ2v) is 6.22. The van der Waals surface area contributed by atoms with Gasteiger partial charge in [-0.3, -0.25) is 9.59 Å². The van der Waals surface area contributed by atoms with Crippen LogP contribution in [-0.4, -0.2) is 35.0 Å². The number of carbonyl (C=O) groups is 2. The van der Waals surface area contributed by atoms with Crippen LogP contribution in [0.25, 0.3) is 0 Å². The van der Waals surface area contributed by atoms with Crippen LogP contribution in [0.5, 0.6) is 5.75 Å². The number of hydrogen-bond donors (Lipinski definition) is 2. The third-order valence-electron chi connectivity index (χ3n) is 4.32. The molecule has 0 saturated heterocycles. The maximum Gasteiger partial charge on any atom is 0.251 e. The number of amides is 2. The Morgan fingerprint density at radius 3 is 2.43 bits per heavy atom. The van der Waals surface area contributed by atoms with Crippen molar-refractivity contribution in [3.63, 3.8) is 0 Å². The van der Waals surface area contributed by atoms with Crippen molar-refractivity contribution in [2.24, 2.45) is 7.05 Å². The minimum absolute atomic E-state index is 0.134. The fraction of sp³-hybridized carbons (Fsp3) is 0.190. The van der Waals surface area contributed by atoms with Crippen LogP contribution in [-0.2, 0) is 11.8 Å². The fourth-order valence-corrected chi connectivity index (χ4v) is 2.81. The van der Waals surface area contributed by atoms with Crippen LogP contribution in [0.15, 0.2) is 67.0 Å². The van der Waals surface area contributed by atoms with Crippen LogP contribution in [0.4, 0.5) is 0 Å². The smallest absolute Gasteiger partial charge is 0.251 e. The van der Waals surface area contributed by atoms with E-state index in [4.69, 9.17) is 4.74 Å². The molecule has 0 aliphatic rings. The van der Waals surface area contributed by atoms with E-state index in [1.165, 1.54) is 0 Å². The van der Waals surface area contributed by atoms with Gasteiger partial charge in [0.15, 0.2) is 0 Å². The molecule has 7 nitrogen and oxygen atoms in total. The summed E-state index contributed by atoms with van der Waals surface area (Å²) in [6.45, 7) is -0.134. The number of rotatable bonds is 7. The lowest BCUT2D eigenvalue weighted by Gasteiger charge is -2.19. The molecule has 3 aromatic rings. The zero-order valence-electron chi connectivity index (χ0n) is 15.8. The van der Waals surface area contributed by atoms with Gasteiger partial charge in [-0.2, -0.15) is 0 Å². The van der Waals surface area contributed by atoms with E-state index in [-0.39, 0.29) is 18.4 Å². The molecular formula is C21H22N4O3. The summed E-state index contributed by atoms with van der Waals surface area (Å²) in [5.74, 6) is 0.804. The highest BCUT2D eigenvalue weighted by molar-refractivity contribution is 5.96. The number of aryl methyl sites for hydroxylation is 1. The molecule has 3 rings (SSSR count). The largest absolute Gasteiger partial charge is 0.497 e. The zero-order valence-corrected chi connectivity index (χ0v) is 15.8. The van der Waals surface area contributed by atoms with Crippen molar-refractivity contribution in [1.82, 2.24) is 20.2 Å². The molecular weight excluding hydrogens is 356 g/mol. The van der Waals surface area contributed by atoms with E-state index in [0.29, 0.717) is 11.4 Å². The van der Waals surface area contributed by atoms with Crippen LogP contribution in [0.1, 0.15) is 27.8 Å². The van der Waals surface area contributed by atoms with Crippen molar-refractivity contribution in [2.45, 2.75) is 6.04 Å². The Bertz CT molecular complexity index is 936. The van der Waals surface area contributed by atoms with E-state index < -0.39 is 6.04 Å². The second kappa shape index (κ2) is 8.85. The molecule has 1 unspecified atom stereocenters. The van der Waals surface area contributed by atoms with Gasteiger partial charge in [0.05, 0.1) is 13.7 Å². The molecule has 7 heteroatoms. The minimum atomic E-state index is -0.452. The van der Waals surface area contributed by atoms with E-state index in [1.807, 2.05) is 48.1 Å². The van der Waals surface area contributed by atoms with Crippen molar-refractivity contribution < 1.29 is 14.3 Å². The predicted octanol–water partition coefficient (Wildman–Crippen LogP) is 2.06. The van der Waals surface area contributed by atoms with E-state index in [2.05, 4.69) is 15.6 Å². The molecule has 2 amide bonds. The van der Waals surface area contributed by atoms with Crippen LogP contribution >= 0.6 is 0 Å². The average Bonchev–Trinajstić information content (AvgIpc) is 3.16. The number of aromatic nitrogens is 2. The number of imidazole rings is 1. The quantitative estimate of drug-likeness (QED) is 0.659. The first-order valence-electron chi connectivity index (χ1n) is 8.82. The van der Waals surface area contributed by atoms with Crippen LogP contribution in [0.3, 0.4) is 0 Å². The molecule has 1 aromatic heterocycles. The lowest BCUT2D eigenvalue weighted by Crippen LogP contribution is -2.39. The van der Waals surface area contributed by atoms with Crippen LogP contribution in [0.2, 0.25) is 0 Å². The molecule has 2 aromatic carbocycles. The topological polar surface area (TPSA) is 85.2 Å². The van der Waals surface area contributed by atoms with Gasteiger partial charge in [-0.25, -0.2) is 4.98 Å². The lowest BCUT2D eigenvalue weighted by atomic mass is 10.1. The predicted molar refractivity (Wildman–Crippen MR) is 105 cm³/mol. The van der Waals surface area contributed by atoms with Gasteiger partial charge >= 0.3 is 0 Å². The van der Waals surface area contributed by atoms with Gasteiger partial charge in [0.2, 0.25) is 5.91 Å². The highest BCUT2D eigenvalue weighted by atomic mass is 16.5. The first kappa shape index (κ1) is 19.2. The van der Waals surface area contributed by atoms with Crippen molar-refractivity contribution in [3.05, 3.63) is 83.9 Å². The molecule has 0 aliphatic carbocycles. The molecule has 0 radical (unpaired) electrons. The summed E-state index contributed by atoms with van der Waals surface area (Å²) in [7, 11) is 3.46. The summed E-state index contributed by atoms with van der Waals surface area (Å²) >= 11 is 0. The summed E-state index contributed by atoms with van der Waals surface area (Å²) in [5.41, 5.74) is 1.36. The second-order valence-electron chi connectivity index (χ2n) is 6.22. The summed E-state index contributed by atoms with van der Waals surface area (Å²) in [5, 5.41) is 5.58. The van der Waals surface area contributed by atoms with Crippen LogP contribution in [0, 0.1) is 0 Å². The summed E-state index contributed by atoms with van der Waals surface area (Å²) in [6.07, 6.45) is 3.49. The van der Waals surface area contributed by atoms with E-state index in [0.717, 1.165) is 11.3 Å². The Morgan fingerprint density at radius 1 is 1.11 bits per heavy atom. The van der Waals surface area contributed by atoms with Gasteiger partial charge in [0.1, 0.15) is 17.6 Å². The number of hydrogen-bond acceptors (Lipinski definition) is 4. The number of carbonyl (C=O) groups excluding carboxylic acids is 2. The molecule has 0 bridgehead atoms. The first-order valence-corrected chi connectivity index (χ1v) is 8.82. The Kier molecular flexibility index (Phi) is 6.06. The van der Waals surface area contributed by atoms with Crippen LogP contribution < -0.4 is 15.4 Å². The minimum Gasteiger partial charge on any atom is -0.497 e. The van der Waals surface area contributed by atoms with E-state index in [1.54, 1.807) is 37.6 Å². The SMILES string of the molecule is COc1ccc(C(NC(=O)CNC(=O)c2ccccc2)c2nccn2C)cc1. The molecule has 1 heterocycles. The Hall–Kier alpha value is -3.61. The Balaban J connectivity index is 1.71. The van der Waals surface area contributed by atoms with Gasteiger partial charge in [0, 0.05) is 25.0 Å². The molecule has 0 fully saturated rings. The lowest BCUT2D eigenvalue weighted by molar-refractivity contribution is -0.120. The van der Waals surface area contributed by atoms with Gasteiger partial charge < -0.3 is 19.9 Å². The van der Waals surface area contributed by atoms with Gasteiger partial charge in [0.25, 0.3) is 5.91 Å². The Morgan fingerprint density at radius 2 is 1.82 bits per heavy atom. The third-order valence-corrected chi connectivity index (χ3v) is 4.32. The maximum atomic E-state index is 12.5. The van der Waals surface area contributed by atoms with Crippen molar-refractivity contribution >= 4 is 11.8 Å². The zero-order chi connectivity index (χ0) is 19.9. The van der Waals surface area contributed by atoms with Crippen molar-refractivity contribution in [1.29, 1.82) is 0 Å². The summed E-state index contributed by atoms with van der Waals surface area (Å²) in [4.78, 5) is 29.0. The molecule has 0 aliphatic heterocycles. The monoisotopic (exact) mass is 378 g/mol. The number of methoxy groups -OCH3 is 1. The molecule has 2 N–H and O–H groups in total. The maximum absolute atomic E-state index is 12.5. The number of benzene rings is 2. The number of nitrogens with one attached hydrogen (secondary N) is 2. The molecule has 0 spiro atoms. The fourth-order valence-electron chi connectivity index (χ4n) is 2.81. The Labute approximate surface area is 163 Å². The van der Waals surface area contributed by atoms with Gasteiger partial charge in [-0.05, 0) is 29.8 Å². The highest BCUT2D eigenvalue weighted by Crippen LogP contribution is 2.22. The average molecular weight is 378 g/mol. The van der Waals surface area contributed by atoms with E-state index in [9.17, 15) is 9.59 Å². The third kappa shape index (κ3) is 4.56. The van der Waals surface area contributed by atoms with Crippen molar-refractivity contribution in [3.8, 4) is 5.75 Å². The highest BCUT2D eigenvalue weighted by Gasteiger charge is 2.21. The standard InChI is InChI=1S/C21H22N4O3/c1-25-13-12-22-20(25)19(15-8-10-17(28-2)11-9-15)24-18(26)14-23-21(27)16-6-4-3-5-7-16/h3-13,19H,14H2,1-2H3,(H,23,27)(H,24,26). The van der Waals surface area contributed by atoms with Crippen molar-refractivity contribution in [2.75, 3.05) is 13.7 Å². The normalized spacial score (nSPS) is 11.5. The summed E-state index contributed by atoms with van der Waals surface area (Å²) in [6, 6.07) is 15.7. The molecule has 144 valence electrons. The molecule has 0 saturated carbocycles. The molecule has 28 heavy (non-hydrogen) atoms. The van der Waals surface area contributed by atoms with E-state index >= 15 is 0 Å².